The Kier molecular flexibility index (Phi) is 8.94. The van der Waals surface area contributed by atoms with Crippen molar-refractivity contribution in [1.82, 2.24) is 18.8 Å². The molecule has 1 unspecified atom stereocenters. The van der Waals surface area contributed by atoms with Crippen LogP contribution in [0.25, 0.3) is 11.0 Å². The number of benzene rings is 3. The molecule has 5 rings (SSSR count). The molecule has 46 heavy (non-hydrogen) atoms. The zero-order valence-electron chi connectivity index (χ0n) is 26.0. The van der Waals surface area contributed by atoms with E-state index in [2.05, 4.69) is 5.32 Å². The summed E-state index contributed by atoms with van der Waals surface area (Å²) in [4.78, 5) is 42.5. The van der Waals surface area contributed by atoms with Crippen molar-refractivity contribution < 1.29 is 27.5 Å². The summed E-state index contributed by atoms with van der Waals surface area (Å²) in [6, 6.07) is 19.0. The van der Waals surface area contributed by atoms with Crippen molar-refractivity contribution >= 4 is 33.1 Å². The zero-order chi connectivity index (χ0) is 33.2. The number of amides is 2. The molecule has 2 amide bonds. The summed E-state index contributed by atoms with van der Waals surface area (Å²) in [5.74, 6) is 0.0134. The van der Waals surface area contributed by atoms with Gasteiger partial charge in [0.1, 0.15) is 17.4 Å². The van der Waals surface area contributed by atoms with Crippen molar-refractivity contribution in [3.05, 3.63) is 94.4 Å². The van der Waals surface area contributed by atoms with Crippen molar-refractivity contribution in [3.8, 4) is 11.8 Å². The van der Waals surface area contributed by atoms with Crippen LogP contribution in [-0.2, 0) is 19.6 Å². The van der Waals surface area contributed by atoms with Gasteiger partial charge in [-0.25, -0.2) is 18.0 Å². The molecule has 0 radical (unpaired) electrons. The molecular formula is C33H35N5O7S. The molecule has 1 saturated heterocycles. The molecule has 0 spiro atoms. The van der Waals surface area contributed by atoms with Gasteiger partial charge in [-0.05, 0) is 81.6 Å². The van der Waals surface area contributed by atoms with Crippen LogP contribution < -0.4 is 15.7 Å². The third-order valence-corrected chi connectivity index (χ3v) is 9.40. The molecule has 4 aromatic rings. The number of nitriles is 1. The van der Waals surface area contributed by atoms with Crippen molar-refractivity contribution in [2.75, 3.05) is 20.2 Å². The van der Waals surface area contributed by atoms with Gasteiger partial charge in [-0.15, -0.1) is 0 Å². The number of methoxy groups -OCH3 is 1. The van der Waals surface area contributed by atoms with Crippen molar-refractivity contribution in [2.45, 2.75) is 56.2 Å². The Morgan fingerprint density at radius 2 is 1.63 bits per heavy atom. The highest BCUT2D eigenvalue weighted by Crippen LogP contribution is 2.29. The fraction of sp³-hybridized carbons (Fsp3) is 0.333. The van der Waals surface area contributed by atoms with E-state index in [1.165, 1.54) is 49.6 Å². The first-order valence-corrected chi connectivity index (χ1v) is 16.2. The van der Waals surface area contributed by atoms with Gasteiger partial charge in [0, 0.05) is 19.1 Å². The van der Waals surface area contributed by atoms with Gasteiger partial charge in [0.05, 0.1) is 34.7 Å². The number of ether oxygens (including phenoxy) is 2. The number of rotatable bonds is 7. The van der Waals surface area contributed by atoms with E-state index in [0.717, 1.165) is 4.57 Å². The number of nitrogens with zero attached hydrogens (tertiary/aromatic N) is 4. The number of piperidine rings is 1. The van der Waals surface area contributed by atoms with Crippen LogP contribution in [0.2, 0.25) is 0 Å². The lowest BCUT2D eigenvalue weighted by atomic mass is 10.0. The van der Waals surface area contributed by atoms with Crippen LogP contribution >= 0.6 is 0 Å². The molecule has 240 valence electrons. The Labute approximate surface area is 266 Å². The van der Waals surface area contributed by atoms with Crippen LogP contribution in [-0.4, -0.2) is 65.7 Å². The summed E-state index contributed by atoms with van der Waals surface area (Å²) in [5, 5.41) is 12.5. The molecule has 13 heteroatoms. The third-order valence-electron chi connectivity index (χ3n) is 7.70. The van der Waals surface area contributed by atoms with Gasteiger partial charge in [-0.3, -0.25) is 9.36 Å². The fourth-order valence-corrected chi connectivity index (χ4v) is 6.92. The second kappa shape index (κ2) is 12.7. The molecule has 0 bridgehead atoms. The predicted molar refractivity (Wildman–Crippen MR) is 170 cm³/mol. The molecular weight excluding hydrogens is 610 g/mol. The van der Waals surface area contributed by atoms with Crippen LogP contribution in [0.1, 0.15) is 50.8 Å². The molecule has 12 nitrogen and oxygen atoms in total. The van der Waals surface area contributed by atoms with Gasteiger partial charge in [0.25, 0.3) is 10.0 Å². The number of aromatic nitrogens is 2. The maximum Gasteiger partial charge on any atom is 0.407 e. The molecule has 0 saturated carbocycles. The average Bonchev–Trinajstić information content (AvgIpc) is 3.32. The molecule has 1 aromatic heterocycles. The van der Waals surface area contributed by atoms with Crippen molar-refractivity contribution in [3.63, 3.8) is 0 Å². The highest BCUT2D eigenvalue weighted by Gasteiger charge is 2.36. The molecule has 1 aliphatic heterocycles. The number of hydrogen-bond donors (Lipinski definition) is 1. The highest BCUT2D eigenvalue weighted by molar-refractivity contribution is 7.90. The summed E-state index contributed by atoms with van der Waals surface area (Å²) in [5.41, 5.74) is -0.814. The SMILES string of the molecule is COc1ccc(S(=O)(=O)n2c(=O)n(C(C(=O)N3CCC(NC(=O)OC(C)(C)C)CC3)c3ccccc3)c3cc(C#N)ccc32)cc1. The fourth-order valence-electron chi connectivity index (χ4n) is 5.53. The molecule has 2 heterocycles. The Hall–Kier alpha value is -5.09. The Morgan fingerprint density at radius 3 is 2.22 bits per heavy atom. The quantitative estimate of drug-likeness (QED) is 0.316. The minimum absolute atomic E-state index is 0.0221. The number of nitrogens with one attached hydrogen (secondary N) is 1. The maximum atomic E-state index is 14.4. The molecule has 1 aliphatic rings. The summed E-state index contributed by atoms with van der Waals surface area (Å²) in [6.07, 6.45) is 0.367. The number of likely N-dealkylation sites (tertiary alicyclic amines) is 1. The van der Waals surface area contributed by atoms with Gasteiger partial charge in [-0.2, -0.15) is 9.23 Å². The third kappa shape index (κ3) is 6.48. The van der Waals surface area contributed by atoms with E-state index < -0.39 is 39.4 Å². The van der Waals surface area contributed by atoms with E-state index in [1.54, 1.807) is 56.0 Å². The van der Waals surface area contributed by atoms with Crippen LogP contribution in [0.15, 0.2) is 82.5 Å². The molecule has 1 atom stereocenters. The number of imidazole rings is 1. The minimum Gasteiger partial charge on any atom is -0.497 e. The average molecular weight is 646 g/mol. The van der Waals surface area contributed by atoms with Gasteiger partial charge in [0.15, 0.2) is 0 Å². The second-order valence-corrected chi connectivity index (χ2v) is 13.8. The van der Waals surface area contributed by atoms with Gasteiger partial charge < -0.3 is 19.7 Å². The second-order valence-electron chi connectivity index (χ2n) is 12.0. The lowest BCUT2D eigenvalue weighted by Gasteiger charge is -2.35. The normalized spacial score (nSPS) is 14.8. The van der Waals surface area contributed by atoms with Crippen LogP contribution in [0.5, 0.6) is 5.75 Å². The van der Waals surface area contributed by atoms with E-state index in [9.17, 15) is 28.1 Å². The topological polar surface area (TPSA) is 153 Å². The number of carbonyl (C=O) groups is 2. The maximum absolute atomic E-state index is 14.4. The summed E-state index contributed by atoms with van der Waals surface area (Å²) < 4.78 is 40.3. The van der Waals surface area contributed by atoms with Gasteiger partial charge >= 0.3 is 11.8 Å². The van der Waals surface area contributed by atoms with Crippen molar-refractivity contribution in [1.29, 1.82) is 5.26 Å². The lowest BCUT2D eigenvalue weighted by Crippen LogP contribution is -2.50. The van der Waals surface area contributed by atoms with E-state index >= 15 is 0 Å². The molecule has 1 N–H and O–H groups in total. The predicted octanol–water partition coefficient (Wildman–Crippen LogP) is 4.03. The van der Waals surface area contributed by atoms with Crippen LogP contribution in [0, 0.1) is 11.3 Å². The van der Waals surface area contributed by atoms with E-state index in [-0.39, 0.29) is 40.6 Å². The monoisotopic (exact) mass is 645 g/mol. The standard InChI is InChI=1S/C33H35N5O7S/c1-33(2,3)45-31(40)35-24-16-18-36(19-17-24)30(39)29(23-8-6-5-7-9-23)37-28-20-22(21-34)10-15-27(28)38(32(37)41)46(42,43)26-13-11-25(44-4)12-14-26/h5-15,20,24,29H,16-19H2,1-4H3,(H,35,40). The first-order valence-electron chi connectivity index (χ1n) is 14.7. The van der Waals surface area contributed by atoms with Crippen LogP contribution in [0.4, 0.5) is 4.79 Å². The number of alkyl carbamates (subject to hydrolysis) is 1. The Bertz CT molecular complexity index is 1960. The van der Waals surface area contributed by atoms with E-state index in [0.29, 0.717) is 28.1 Å². The largest absolute Gasteiger partial charge is 0.497 e. The first kappa shape index (κ1) is 32.3. The molecule has 1 fully saturated rings. The highest BCUT2D eigenvalue weighted by atomic mass is 32.2. The van der Waals surface area contributed by atoms with Gasteiger partial charge in [0.2, 0.25) is 5.91 Å². The van der Waals surface area contributed by atoms with E-state index in [1.807, 2.05) is 6.07 Å². The molecule has 3 aromatic carbocycles. The number of fused-ring (bicyclic) bond motifs is 1. The minimum atomic E-state index is -4.45. The van der Waals surface area contributed by atoms with Crippen LogP contribution in [0.3, 0.4) is 0 Å². The van der Waals surface area contributed by atoms with E-state index in [4.69, 9.17) is 9.47 Å². The first-order chi connectivity index (χ1) is 21.8. The summed E-state index contributed by atoms with van der Waals surface area (Å²) >= 11 is 0. The number of carbonyl (C=O) groups excluding carboxylic acids is 2. The lowest BCUT2D eigenvalue weighted by molar-refractivity contribution is -0.134. The smallest absolute Gasteiger partial charge is 0.407 e. The van der Waals surface area contributed by atoms with Gasteiger partial charge in [-0.1, -0.05) is 30.3 Å². The Balaban J connectivity index is 1.58. The number of hydrogen-bond acceptors (Lipinski definition) is 8. The van der Waals surface area contributed by atoms with Crippen molar-refractivity contribution in [2.24, 2.45) is 0 Å². The zero-order valence-corrected chi connectivity index (χ0v) is 26.8. The summed E-state index contributed by atoms with van der Waals surface area (Å²) in [7, 11) is -3.00. The molecule has 0 aliphatic carbocycles. The Morgan fingerprint density at radius 1 is 0.978 bits per heavy atom. The summed E-state index contributed by atoms with van der Waals surface area (Å²) in [6.45, 7) is 5.89.